The lowest BCUT2D eigenvalue weighted by Crippen LogP contribution is -2.37. The van der Waals surface area contributed by atoms with Crippen LogP contribution in [0.2, 0.25) is 0 Å². The van der Waals surface area contributed by atoms with E-state index in [1.54, 1.807) is 0 Å². The SMILES string of the molecule is CCCCCCCCC(CCCCCC)CC(=O)N(C)CCCCCN(CCCl)C1CCCCCC1. The van der Waals surface area contributed by atoms with Gasteiger partial charge in [0.05, 0.1) is 0 Å². The molecule has 1 fully saturated rings. The van der Waals surface area contributed by atoms with E-state index in [2.05, 4.69) is 18.7 Å². The first kappa shape index (κ1) is 33.7. The fraction of sp³-hybridized carbons (Fsp3) is 0.969. The summed E-state index contributed by atoms with van der Waals surface area (Å²) < 4.78 is 0. The van der Waals surface area contributed by atoms with Gasteiger partial charge in [0.15, 0.2) is 0 Å². The van der Waals surface area contributed by atoms with Gasteiger partial charge in [-0.15, -0.1) is 11.6 Å². The van der Waals surface area contributed by atoms with Crippen molar-refractivity contribution in [3.63, 3.8) is 0 Å². The van der Waals surface area contributed by atoms with E-state index >= 15 is 0 Å². The predicted octanol–water partition coefficient (Wildman–Crippen LogP) is 9.61. The fourth-order valence-electron chi connectivity index (χ4n) is 6.00. The number of hydrogen-bond donors (Lipinski definition) is 0. The van der Waals surface area contributed by atoms with Gasteiger partial charge in [-0.25, -0.2) is 0 Å². The van der Waals surface area contributed by atoms with Gasteiger partial charge in [-0.1, -0.05) is 110 Å². The Labute approximate surface area is 231 Å². The smallest absolute Gasteiger partial charge is 0.222 e. The van der Waals surface area contributed by atoms with Gasteiger partial charge in [-0.2, -0.15) is 0 Å². The van der Waals surface area contributed by atoms with Crippen molar-refractivity contribution in [3.05, 3.63) is 0 Å². The Morgan fingerprint density at radius 2 is 1.25 bits per heavy atom. The molecule has 0 aromatic rings. The zero-order valence-corrected chi connectivity index (χ0v) is 25.5. The minimum Gasteiger partial charge on any atom is -0.346 e. The van der Waals surface area contributed by atoms with E-state index in [0.29, 0.717) is 11.8 Å². The molecule has 1 aliphatic rings. The van der Waals surface area contributed by atoms with Crippen molar-refractivity contribution in [2.75, 3.05) is 32.6 Å². The molecule has 1 atom stereocenters. The molecule has 0 spiro atoms. The Kier molecular flexibility index (Phi) is 22.3. The molecule has 1 unspecified atom stereocenters. The fourth-order valence-corrected chi connectivity index (χ4v) is 6.22. The van der Waals surface area contributed by atoms with Crippen molar-refractivity contribution in [1.29, 1.82) is 0 Å². The molecule has 0 bridgehead atoms. The highest BCUT2D eigenvalue weighted by atomic mass is 35.5. The molecular weight excluding hydrogens is 464 g/mol. The summed E-state index contributed by atoms with van der Waals surface area (Å²) in [6.07, 6.45) is 28.4. The van der Waals surface area contributed by atoms with Crippen LogP contribution in [-0.4, -0.2) is 54.3 Å². The van der Waals surface area contributed by atoms with Crippen molar-refractivity contribution >= 4 is 17.5 Å². The lowest BCUT2D eigenvalue weighted by atomic mass is 9.91. The Hall–Kier alpha value is -0.280. The summed E-state index contributed by atoms with van der Waals surface area (Å²) in [6, 6.07) is 0.747. The summed E-state index contributed by atoms with van der Waals surface area (Å²) in [4.78, 5) is 17.7. The quantitative estimate of drug-likeness (QED) is 0.0751. The molecule has 4 heteroatoms. The number of hydrogen-bond acceptors (Lipinski definition) is 2. The number of rotatable bonds is 23. The number of alkyl halides is 1. The summed E-state index contributed by atoms with van der Waals surface area (Å²) in [6.45, 7) is 7.68. The van der Waals surface area contributed by atoms with Gasteiger partial charge in [0.25, 0.3) is 0 Å². The van der Waals surface area contributed by atoms with Crippen LogP contribution in [0.25, 0.3) is 0 Å². The van der Waals surface area contributed by atoms with Crippen molar-refractivity contribution < 1.29 is 4.79 Å². The Balaban J connectivity index is 2.31. The first-order valence-corrected chi connectivity index (χ1v) is 16.7. The van der Waals surface area contributed by atoms with Gasteiger partial charge in [0.1, 0.15) is 0 Å². The highest BCUT2D eigenvalue weighted by molar-refractivity contribution is 6.18. The third-order valence-electron chi connectivity index (χ3n) is 8.47. The first-order valence-electron chi connectivity index (χ1n) is 16.2. The van der Waals surface area contributed by atoms with Crippen LogP contribution in [0.4, 0.5) is 0 Å². The molecule has 0 N–H and O–H groups in total. The van der Waals surface area contributed by atoms with Crippen molar-refractivity contribution in [3.8, 4) is 0 Å². The molecule has 1 aliphatic carbocycles. The second kappa shape index (κ2) is 23.8. The molecule has 36 heavy (non-hydrogen) atoms. The molecule has 214 valence electrons. The lowest BCUT2D eigenvalue weighted by Gasteiger charge is -2.30. The van der Waals surface area contributed by atoms with Crippen LogP contribution in [0, 0.1) is 5.92 Å². The zero-order chi connectivity index (χ0) is 26.3. The second-order valence-corrected chi connectivity index (χ2v) is 12.1. The molecule has 0 aromatic heterocycles. The summed E-state index contributed by atoms with van der Waals surface area (Å²) in [5.74, 6) is 1.71. The molecule has 0 heterocycles. The number of halogens is 1. The average Bonchev–Trinajstić information content (AvgIpc) is 3.17. The molecule has 3 nitrogen and oxygen atoms in total. The highest BCUT2D eigenvalue weighted by Gasteiger charge is 2.20. The molecule has 1 saturated carbocycles. The number of unbranched alkanes of at least 4 members (excludes halogenated alkanes) is 10. The normalized spacial score (nSPS) is 15.8. The third-order valence-corrected chi connectivity index (χ3v) is 8.64. The summed E-state index contributed by atoms with van der Waals surface area (Å²) >= 11 is 6.14. The van der Waals surface area contributed by atoms with E-state index in [1.165, 1.54) is 135 Å². The Morgan fingerprint density at radius 3 is 1.86 bits per heavy atom. The van der Waals surface area contributed by atoms with Gasteiger partial charge in [0, 0.05) is 38.5 Å². The van der Waals surface area contributed by atoms with Crippen LogP contribution in [0.3, 0.4) is 0 Å². The Morgan fingerprint density at radius 1 is 0.722 bits per heavy atom. The van der Waals surface area contributed by atoms with Crippen molar-refractivity contribution in [2.45, 2.75) is 161 Å². The minimum atomic E-state index is 0.378. The Bertz CT molecular complexity index is 493. The maximum Gasteiger partial charge on any atom is 0.222 e. The van der Waals surface area contributed by atoms with E-state index in [1.807, 2.05) is 11.9 Å². The molecule has 0 aromatic carbocycles. The maximum absolute atomic E-state index is 13.0. The highest BCUT2D eigenvalue weighted by Crippen LogP contribution is 2.24. The summed E-state index contributed by atoms with van der Waals surface area (Å²) in [5, 5.41) is 0. The van der Waals surface area contributed by atoms with E-state index in [0.717, 1.165) is 37.9 Å². The van der Waals surface area contributed by atoms with Crippen LogP contribution >= 0.6 is 11.6 Å². The van der Waals surface area contributed by atoms with Crippen LogP contribution in [0.1, 0.15) is 155 Å². The van der Waals surface area contributed by atoms with Gasteiger partial charge >= 0.3 is 0 Å². The molecule has 1 amide bonds. The van der Waals surface area contributed by atoms with Gasteiger partial charge in [-0.3, -0.25) is 9.69 Å². The standard InChI is InChI=1S/C32H63ClN2O/c1-4-6-8-10-11-16-22-30(21-15-9-7-5-2)29-32(36)34(3)26-19-14-20-27-35(28-25-33)31-23-17-12-13-18-24-31/h30-31H,4-29H2,1-3H3. The van der Waals surface area contributed by atoms with E-state index < -0.39 is 0 Å². The molecule has 0 saturated heterocycles. The van der Waals surface area contributed by atoms with Crippen LogP contribution in [0.5, 0.6) is 0 Å². The molecule has 0 aliphatic heterocycles. The topological polar surface area (TPSA) is 23.6 Å². The molecule has 1 rings (SSSR count). The van der Waals surface area contributed by atoms with E-state index in [-0.39, 0.29) is 0 Å². The summed E-state index contributed by atoms with van der Waals surface area (Å²) in [5.41, 5.74) is 0. The predicted molar refractivity (Wildman–Crippen MR) is 160 cm³/mol. The number of carbonyl (C=O) groups excluding carboxylic acids is 1. The maximum atomic E-state index is 13.0. The van der Waals surface area contributed by atoms with Crippen molar-refractivity contribution in [1.82, 2.24) is 9.80 Å². The van der Waals surface area contributed by atoms with E-state index in [4.69, 9.17) is 11.6 Å². The lowest BCUT2D eigenvalue weighted by molar-refractivity contribution is -0.131. The minimum absolute atomic E-state index is 0.378. The van der Waals surface area contributed by atoms with Gasteiger partial charge in [-0.05, 0) is 51.0 Å². The van der Waals surface area contributed by atoms with Crippen LogP contribution < -0.4 is 0 Å². The van der Waals surface area contributed by atoms with Crippen LogP contribution in [0.15, 0.2) is 0 Å². The third kappa shape index (κ3) is 17.3. The first-order chi connectivity index (χ1) is 17.6. The van der Waals surface area contributed by atoms with Crippen LogP contribution in [-0.2, 0) is 4.79 Å². The average molecular weight is 527 g/mol. The van der Waals surface area contributed by atoms with Gasteiger partial charge < -0.3 is 4.90 Å². The zero-order valence-electron chi connectivity index (χ0n) is 24.7. The monoisotopic (exact) mass is 526 g/mol. The van der Waals surface area contributed by atoms with Gasteiger partial charge in [0.2, 0.25) is 5.91 Å². The number of amides is 1. The summed E-state index contributed by atoms with van der Waals surface area (Å²) in [7, 11) is 2.03. The molecular formula is C32H63ClN2O. The number of nitrogens with zero attached hydrogens (tertiary/aromatic N) is 2. The van der Waals surface area contributed by atoms with Crippen molar-refractivity contribution in [2.24, 2.45) is 5.92 Å². The second-order valence-electron chi connectivity index (χ2n) is 11.7. The molecule has 0 radical (unpaired) electrons. The largest absolute Gasteiger partial charge is 0.346 e. The number of carbonyl (C=O) groups is 1. The van der Waals surface area contributed by atoms with E-state index in [9.17, 15) is 4.79 Å².